The van der Waals surface area contributed by atoms with Gasteiger partial charge in [-0.15, -0.1) is 0 Å². The molecule has 7 heteroatoms. The highest BCUT2D eigenvalue weighted by molar-refractivity contribution is 6.30. The second-order valence-electron chi connectivity index (χ2n) is 5.58. The Morgan fingerprint density at radius 3 is 2.56 bits per heavy atom. The van der Waals surface area contributed by atoms with Crippen molar-refractivity contribution in [3.8, 4) is 11.8 Å². The van der Waals surface area contributed by atoms with Crippen LogP contribution in [0.15, 0.2) is 29.8 Å². The Bertz CT molecular complexity index is 935. The summed E-state index contributed by atoms with van der Waals surface area (Å²) in [5, 5.41) is 11.7. The van der Waals surface area contributed by atoms with Crippen molar-refractivity contribution >= 4 is 29.6 Å². The first-order valence-corrected chi connectivity index (χ1v) is 7.80. The zero-order valence-electron chi connectivity index (χ0n) is 14.1. The molecule has 2 aromatic rings. The molecule has 0 aliphatic rings. The lowest BCUT2D eigenvalue weighted by Crippen LogP contribution is -2.35. The third-order valence-electron chi connectivity index (χ3n) is 3.78. The summed E-state index contributed by atoms with van der Waals surface area (Å²) in [5.41, 5.74) is 9.11. The summed E-state index contributed by atoms with van der Waals surface area (Å²) < 4.78 is 1.99. The van der Waals surface area contributed by atoms with Crippen molar-refractivity contribution in [3.05, 3.63) is 57.4 Å². The zero-order chi connectivity index (χ0) is 18.7. The van der Waals surface area contributed by atoms with Gasteiger partial charge in [-0.05, 0) is 56.2 Å². The molecule has 1 aromatic carbocycles. The molecule has 25 heavy (non-hydrogen) atoms. The van der Waals surface area contributed by atoms with Crippen molar-refractivity contribution in [3.63, 3.8) is 0 Å². The first-order valence-electron chi connectivity index (χ1n) is 7.42. The van der Waals surface area contributed by atoms with Gasteiger partial charge in [-0.25, -0.2) is 4.79 Å². The fourth-order valence-electron chi connectivity index (χ4n) is 2.61. The predicted octanol–water partition coefficient (Wildman–Crippen LogP) is 3.16. The van der Waals surface area contributed by atoms with Crippen LogP contribution in [0.5, 0.6) is 0 Å². The van der Waals surface area contributed by atoms with E-state index in [4.69, 9.17) is 17.3 Å². The van der Waals surface area contributed by atoms with Gasteiger partial charge in [-0.2, -0.15) is 5.26 Å². The minimum atomic E-state index is -1.01. The minimum absolute atomic E-state index is 0.207. The lowest BCUT2D eigenvalue weighted by Gasteiger charge is -2.13. The minimum Gasteiger partial charge on any atom is -0.351 e. The highest BCUT2D eigenvalue weighted by atomic mass is 35.5. The smallest absolute Gasteiger partial charge is 0.319 e. The van der Waals surface area contributed by atoms with Crippen LogP contribution in [0.1, 0.15) is 22.5 Å². The van der Waals surface area contributed by atoms with Crippen molar-refractivity contribution in [1.82, 2.24) is 9.88 Å². The van der Waals surface area contributed by atoms with Crippen LogP contribution in [0.2, 0.25) is 5.02 Å². The highest BCUT2D eigenvalue weighted by Gasteiger charge is 2.15. The van der Waals surface area contributed by atoms with Gasteiger partial charge in [0.15, 0.2) is 0 Å². The molecule has 0 fully saturated rings. The van der Waals surface area contributed by atoms with Gasteiger partial charge < -0.3 is 10.3 Å². The van der Waals surface area contributed by atoms with Gasteiger partial charge in [-0.1, -0.05) is 17.7 Å². The lowest BCUT2D eigenvalue weighted by molar-refractivity contribution is -0.115. The molecule has 0 saturated carbocycles. The number of nitriles is 1. The number of urea groups is 1. The standard InChI is InChI=1S/C18H17ClN4O2/c1-10-4-5-15(19)8-16(10)23-11(2)6-13(12(23)3)7-14(9-20)17(24)22-18(21)25/h4-8H,1-3H3,(H3,21,22,24,25)/b14-7-. The number of nitrogens with two attached hydrogens (primary N) is 1. The van der Waals surface area contributed by atoms with Gasteiger partial charge in [0.05, 0.1) is 0 Å². The summed E-state index contributed by atoms with van der Waals surface area (Å²) in [7, 11) is 0. The van der Waals surface area contributed by atoms with Crippen molar-refractivity contribution in [2.24, 2.45) is 5.73 Å². The largest absolute Gasteiger partial charge is 0.351 e. The highest BCUT2D eigenvalue weighted by Crippen LogP contribution is 2.26. The molecule has 1 heterocycles. The average Bonchev–Trinajstić information content (AvgIpc) is 2.80. The Hall–Kier alpha value is -3.04. The van der Waals surface area contributed by atoms with Gasteiger partial charge >= 0.3 is 6.03 Å². The number of halogens is 1. The van der Waals surface area contributed by atoms with E-state index in [9.17, 15) is 14.9 Å². The Balaban J connectivity index is 2.54. The van der Waals surface area contributed by atoms with Gasteiger partial charge in [-0.3, -0.25) is 10.1 Å². The summed E-state index contributed by atoms with van der Waals surface area (Å²) in [5.74, 6) is -0.835. The molecule has 2 rings (SSSR count). The van der Waals surface area contributed by atoms with Crippen molar-refractivity contribution < 1.29 is 9.59 Å². The van der Waals surface area contributed by atoms with Crippen LogP contribution in [0, 0.1) is 32.1 Å². The summed E-state index contributed by atoms with van der Waals surface area (Å²) in [4.78, 5) is 22.6. The monoisotopic (exact) mass is 356 g/mol. The number of hydrogen-bond acceptors (Lipinski definition) is 3. The molecule has 0 unspecified atom stereocenters. The van der Waals surface area contributed by atoms with Crippen LogP contribution in [-0.4, -0.2) is 16.5 Å². The number of aromatic nitrogens is 1. The molecule has 128 valence electrons. The fourth-order valence-corrected chi connectivity index (χ4v) is 2.78. The van der Waals surface area contributed by atoms with Gasteiger partial charge in [0.1, 0.15) is 11.6 Å². The topological polar surface area (TPSA) is 101 Å². The fraction of sp³-hybridized carbons (Fsp3) is 0.167. The van der Waals surface area contributed by atoms with Crippen LogP contribution in [-0.2, 0) is 4.79 Å². The molecule has 3 N–H and O–H groups in total. The molecule has 0 spiro atoms. The molecule has 0 aliphatic heterocycles. The molecule has 0 atom stereocenters. The van der Waals surface area contributed by atoms with Crippen LogP contribution >= 0.6 is 11.6 Å². The number of benzene rings is 1. The normalized spacial score (nSPS) is 11.1. The molecule has 3 amide bonds. The Labute approximate surface area is 150 Å². The number of carbonyl (C=O) groups is 2. The van der Waals surface area contributed by atoms with E-state index in [1.165, 1.54) is 6.08 Å². The van der Waals surface area contributed by atoms with Crippen LogP contribution in [0.3, 0.4) is 0 Å². The number of primary amides is 1. The number of nitrogens with zero attached hydrogens (tertiary/aromatic N) is 2. The molecular formula is C18H17ClN4O2. The number of nitrogens with one attached hydrogen (secondary N) is 1. The first kappa shape index (κ1) is 18.3. The third-order valence-corrected chi connectivity index (χ3v) is 4.02. The van der Waals surface area contributed by atoms with Crippen molar-refractivity contribution in [2.45, 2.75) is 20.8 Å². The molecule has 0 saturated heterocycles. The maximum atomic E-state index is 11.8. The summed E-state index contributed by atoms with van der Waals surface area (Å²) >= 11 is 6.11. The SMILES string of the molecule is Cc1ccc(Cl)cc1-n1c(C)cc(/C=C(/C#N)C(=O)NC(N)=O)c1C. The van der Waals surface area contributed by atoms with Gasteiger partial charge in [0.25, 0.3) is 5.91 Å². The number of amides is 3. The first-order chi connectivity index (χ1) is 11.7. The molecule has 6 nitrogen and oxygen atoms in total. The van der Waals surface area contributed by atoms with Gasteiger partial charge in [0, 0.05) is 22.1 Å². The second-order valence-corrected chi connectivity index (χ2v) is 6.02. The van der Waals surface area contributed by atoms with E-state index in [2.05, 4.69) is 0 Å². The zero-order valence-corrected chi connectivity index (χ0v) is 14.8. The number of carbonyl (C=O) groups excluding carboxylic acids is 2. The third kappa shape index (κ3) is 3.90. The number of aryl methyl sites for hydroxylation is 2. The van der Waals surface area contributed by atoms with E-state index in [1.807, 2.05) is 54.9 Å². The average molecular weight is 357 g/mol. The van der Waals surface area contributed by atoms with Gasteiger partial charge in [0.2, 0.25) is 0 Å². The Kier molecular flexibility index (Phi) is 5.30. The predicted molar refractivity (Wildman–Crippen MR) is 96.3 cm³/mol. The van der Waals surface area contributed by atoms with E-state index in [-0.39, 0.29) is 5.57 Å². The van der Waals surface area contributed by atoms with Crippen molar-refractivity contribution in [1.29, 1.82) is 5.26 Å². The molecule has 0 radical (unpaired) electrons. The molecule has 0 bridgehead atoms. The van der Waals surface area contributed by atoms with E-state index < -0.39 is 11.9 Å². The van der Waals surface area contributed by atoms with E-state index >= 15 is 0 Å². The Morgan fingerprint density at radius 2 is 1.96 bits per heavy atom. The number of imide groups is 1. The summed E-state index contributed by atoms with van der Waals surface area (Å²) in [6, 6.07) is 8.22. The molecule has 1 aromatic heterocycles. The van der Waals surface area contributed by atoms with Crippen LogP contribution in [0.4, 0.5) is 4.79 Å². The second kappa shape index (κ2) is 7.24. The molecule has 0 aliphatic carbocycles. The van der Waals surface area contributed by atoms with Crippen LogP contribution < -0.4 is 11.1 Å². The van der Waals surface area contributed by atoms with E-state index in [0.29, 0.717) is 10.6 Å². The van der Waals surface area contributed by atoms with Crippen molar-refractivity contribution in [2.75, 3.05) is 0 Å². The number of hydrogen-bond donors (Lipinski definition) is 2. The van der Waals surface area contributed by atoms with Crippen LogP contribution in [0.25, 0.3) is 11.8 Å². The lowest BCUT2D eigenvalue weighted by atomic mass is 10.1. The summed E-state index contributed by atoms with van der Waals surface area (Å²) in [6.07, 6.45) is 1.43. The Morgan fingerprint density at radius 1 is 1.28 bits per heavy atom. The maximum absolute atomic E-state index is 11.8. The maximum Gasteiger partial charge on any atom is 0.319 e. The van der Waals surface area contributed by atoms with E-state index in [0.717, 1.165) is 22.6 Å². The molecular weight excluding hydrogens is 340 g/mol. The van der Waals surface area contributed by atoms with E-state index in [1.54, 1.807) is 6.07 Å². The number of rotatable bonds is 3. The quantitative estimate of drug-likeness (QED) is 0.652. The summed E-state index contributed by atoms with van der Waals surface area (Å²) in [6.45, 7) is 5.77.